The Morgan fingerprint density at radius 1 is 1.47 bits per heavy atom. The zero-order valence-corrected chi connectivity index (χ0v) is 12.1. The fourth-order valence-corrected chi connectivity index (χ4v) is 3.06. The third-order valence-corrected chi connectivity index (χ3v) is 4.27. The second-order valence-electron chi connectivity index (χ2n) is 5.44. The quantitative estimate of drug-likeness (QED) is 0.887. The summed E-state index contributed by atoms with van der Waals surface area (Å²) in [4.78, 5) is 2.55. The standard InChI is InChI=1S/C16H26N2O/c1-3-13-6-5-9-18(12-13)16(11-17)14-7-4-8-15(10-14)19-2/h4,7-8,10,13,16H,3,5-6,9,11-12,17H2,1-2H3. The van der Waals surface area contributed by atoms with E-state index < -0.39 is 0 Å². The van der Waals surface area contributed by atoms with E-state index in [0.29, 0.717) is 12.6 Å². The minimum atomic E-state index is 0.324. The van der Waals surface area contributed by atoms with Crippen LogP contribution in [0.25, 0.3) is 0 Å². The second-order valence-corrected chi connectivity index (χ2v) is 5.44. The maximum absolute atomic E-state index is 6.03. The fraction of sp³-hybridized carbons (Fsp3) is 0.625. The van der Waals surface area contributed by atoms with Crippen molar-refractivity contribution in [2.75, 3.05) is 26.7 Å². The molecule has 0 saturated carbocycles. The van der Waals surface area contributed by atoms with Gasteiger partial charge in [0.05, 0.1) is 7.11 Å². The molecule has 1 saturated heterocycles. The summed E-state index contributed by atoms with van der Waals surface area (Å²) in [5.74, 6) is 1.74. The van der Waals surface area contributed by atoms with Crippen molar-refractivity contribution in [2.45, 2.75) is 32.2 Å². The van der Waals surface area contributed by atoms with Crippen molar-refractivity contribution in [1.29, 1.82) is 0 Å². The summed E-state index contributed by atoms with van der Waals surface area (Å²) in [6, 6.07) is 8.65. The van der Waals surface area contributed by atoms with Crippen molar-refractivity contribution in [3.05, 3.63) is 29.8 Å². The Hall–Kier alpha value is -1.06. The van der Waals surface area contributed by atoms with Crippen molar-refractivity contribution in [2.24, 2.45) is 11.7 Å². The van der Waals surface area contributed by atoms with Crippen molar-refractivity contribution >= 4 is 0 Å². The van der Waals surface area contributed by atoms with Crippen LogP contribution < -0.4 is 10.5 Å². The fourth-order valence-electron chi connectivity index (χ4n) is 3.06. The van der Waals surface area contributed by atoms with Gasteiger partial charge in [-0.2, -0.15) is 0 Å². The van der Waals surface area contributed by atoms with Crippen molar-refractivity contribution in [1.82, 2.24) is 4.90 Å². The highest BCUT2D eigenvalue weighted by molar-refractivity contribution is 5.30. The van der Waals surface area contributed by atoms with Crippen LogP contribution in [-0.4, -0.2) is 31.6 Å². The lowest BCUT2D eigenvalue weighted by atomic mass is 9.93. The number of nitrogens with zero attached hydrogens (tertiary/aromatic N) is 1. The molecule has 2 rings (SSSR count). The van der Waals surface area contributed by atoms with Crippen LogP contribution >= 0.6 is 0 Å². The van der Waals surface area contributed by atoms with Crippen LogP contribution in [0.2, 0.25) is 0 Å². The summed E-state index contributed by atoms with van der Waals surface area (Å²) in [5.41, 5.74) is 7.31. The summed E-state index contributed by atoms with van der Waals surface area (Å²) in [6.07, 6.45) is 3.92. The topological polar surface area (TPSA) is 38.5 Å². The molecule has 19 heavy (non-hydrogen) atoms. The third kappa shape index (κ3) is 3.48. The first-order chi connectivity index (χ1) is 9.28. The van der Waals surface area contributed by atoms with E-state index in [1.54, 1.807) is 7.11 Å². The van der Waals surface area contributed by atoms with Crippen molar-refractivity contribution < 1.29 is 4.74 Å². The number of rotatable bonds is 5. The summed E-state index contributed by atoms with van der Waals surface area (Å²) < 4.78 is 5.32. The monoisotopic (exact) mass is 262 g/mol. The Kier molecular flexibility index (Phi) is 5.23. The lowest BCUT2D eigenvalue weighted by Gasteiger charge is -2.38. The highest BCUT2D eigenvalue weighted by atomic mass is 16.5. The molecule has 2 atom stereocenters. The normalized spacial score (nSPS) is 22.2. The van der Waals surface area contributed by atoms with Gasteiger partial charge in [0, 0.05) is 19.1 Å². The van der Waals surface area contributed by atoms with E-state index in [1.807, 2.05) is 6.07 Å². The van der Waals surface area contributed by atoms with E-state index in [2.05, 4.69) is 30.0 Å². The molecule has 0 spiro atoms. The van der Waals surface area contributed by atoms with Crippen LogP contribution in [0.4, 0.5) is 0 Å². The molecule has 1 aliphatic rings. The van der Waals surface area contributed by atoms with Gasteiger partial charge in [-0.05, 0) is 43.0 Å². The maximum atomic E-state index is 6.03. The zero-order valence-electron chi connectivity index (χ0n) is 12.1. The Balaban J connectivity index is 2.13. The number of ether oxygens (including phenoxy) is 1. The highest BCUT2D eigenvalue weighted by Crippen LogP contribution is 2.29. The molecule has 0 amide bonds. The molecule has 2 N–H and O–H groups in total. The van der Waals surface area contributed by atoms with Crippen LogP contribution in [0, 0.1) is 5.92 Å². The molecule has 0 radical (unpaired) electrons. The Morgan fingerprint density at radius 3 is 3.00 bits per heavy atom. The Morgan fingerprint density at radius 2 is 2.32 bits per heavy atom. The summed E-state index contributed by atoms with van der Waals surface area (Å²) >= 11 is 0. The Labute approximate surface area is 116 Å². The van der Waals surface area contributed by atoms with E-state index in [9.17, 15) is 0 Å². The van der Waals surface area contributed by atoms with Gasteiger partial charge in [0.1, 0.15) is 5.75 Å². The molecule has 1 aromatic carbocycles. The molecule has 3 heteroatoms. The number of methoxy groups -OCH3 is 1. The first-order valence-electron chi connectivity index (χ1n) is 7.36. The van der Waals surface area contributed by atoms with Gasteiger partial charge in [-0.15, -0.1) is 0 Å². The molecule has 3 nitrogen and oxygen atoms in total. The zero-order chi connectivity index (χ0) is 13.7. The molecule has 0 aliphatic carbocycles. The number of likely N-dealkylation sites (tertiary alicyclic amines) is 1. The molecule has 0 bridgehead atoms. The Bertz CT molecular complexity index is 394. The van der Waals surface area contributed by atoms with E-state index >= 15 is 0 Å². The van der Waals surface area contributed by atoms with Crippen LogP contribution in [0.1, 0.15) is 37.8 Å². The molecular weight excluding hydrogens is 236 g/mol. The number of nitrogens with two attached hydrogens (primary N) is 1. The molecule has 1 heterocycles. The average molecular weight is 262 g/mol. The van der Waals surface area contributed by atoms with Crippen molar-refractivity contribution in [3.8, 4) is 5.75 Å². The minimum absolute atomic E-state index is 0.324. The molecule has 1 aliphatic heterocycles. The van der Waals surface area contributed by atoms with Gasteiger partial charge in [-0.3, -0.25) is 4.90 Å². The van der Waals surface area contributed by atoms with Crippen LogP contribution in [-0.2, 0) is 0 Å². The summed E-state index contributed by atoms with van der Waals surface area (Å²) in [5, 5.41) is 0. The number of hydrogen-bond donors (Lipinski definition) is 1. The molecular formula is C16H26N2O. The lowest BCUT2D eigenvalue weighted by molar-refractivity contribution is 0.124. The molecule has 1 aromatic rings. The van der Waals surface area contributed by atoms with Crippen LogP contribution in [0.3, 0.4) is 0 Å². The van der Waals surface area contributed by atoms with Crippen LogP contribution in [0.15, 0.2) is 24.3 Å². The van der Waals surface area contributed by atoms with E-state index in [-0.39, 0.29) is 0 Å². The molecule has 0 aromatic heterocycles. The molecule has 1 fully saturated rings. The third-order valence-electron chi connectivity index (χ3n) is 4.27. The predicted octanol–water partition coefficient (Wildman–Crippen LogP) is 2.82. The number of piperidine rings is 1. The minimum Gasteiger partial charge on any atom is -0.497 e. The highest BCUT2D eigenvalue weighted by Gasteiger charge is 2.25. The van der Waals surface area contributed by atoms with Crippen LogP contribution in [0.5, 0.6) is 5.75 Å². The van der Waals surface area contributed by atoms with Gasteiger partial charge in [0.2, 0.25) is 0 Å². The van der Waals surface area contributed by atoms with E-state index in [4.69, 9.17) is 10.5 Å². The first kappa shape index (κ1) is 14.4. The van der Waals surface area contributed by atoms with E-state index in [1.165, 1.54) is 31.4 Å². The van der Waals surface area contributed by atoms with Gasteiger partial charge in [-0.1, -0.05) is 25.5 Å². The number of hydrogen-bond acceptors (Lipinski definition) is 3. The lowest BCUT2D eigenvalue weighted by Crippen LogP contribution is -2.40. The molecule has 2 unspecified atom stereocenters. The largest absolute Gasteiger partial charge is 0.497 e. The summed E-state index contributed by atoms with van der Waals surface area (Å²) in [7, 11) is 1.71. The van der Waals surface area contributed by atoms with E-state index in [0.717, 1.165) is 18.2 Å². The van der Waals surface area contributed by atoms with Gasteiger partial charge < -0.3 is 10.5 Å². The first-order valence-corrected chi connectivity index (χ1v) is 7.36. The second kappa shape index (κ2) is 6.92. The van der Waals surface area contributed by atoms with Gasteiger partial charge in [0.25, 0.3) is 0 Å². The average Bonchev–Trinajstić information content (AvgIpc) is 2.48. The summed E-state index contributed by atoms with van der Waals surface area (Å²) in [6.45, 7) is 5.30. The van der Waals surface area contributed by atoms with Crippen molar-refractivity contribution in [3.63, 3.8) is 0 Å². The smallest absolute Gasteiger partial charge is 0.119 e. The van der Waals surface area contributed by atoms with Gasteiger partial charge in [0.15, 0.2) is 0 Å². The maximum Gasteiger partial charge on any atom is 0.119 e. The number of benzene rings is 1. The predicted molar refractivity (Wildman–Crippen MR) is 79.4 cm³/mol. The van der Waals surface area contributed by atoms with Gasteiger partial charge >= 0.3 is 0 Å². The van der Waals surface area contributed by atoms with Gasteiger partial charge in [-0.25, -0.2) is 0 Å². The SMILES string of the molecule is CCC1CCCN(C(CN)c2cccc(OC)c2)C1. The molecule has 106 valence electrons.